The van der Waals surface area contributed by atoms with Crippen molar-refractivity contribution >= 4 is 21.7 Å². The lowest BCUT2D eigenvalue weighted by Crippen LogP contribution is -2.02. The van der Waals surface area contributed by atoms with Crippen molar-refractivity contribution < 1.29 is 4.79 Å². The van der Waals surface area contributed by atoms with Gasteiger partial charge in [0.2, 0.25) is 0 Å². The molecule has 1 aromatic heterocycles. The SMILES string of the molecule is Cc1cc(Br)cc(C(=O)c2ccc(C)nc2)c1. The summed E-state index contributed by atoms with van der Waals surface area (Å²) in [4.78, 5) is 16.3. The number of nitrogens with zero attached hydrogens (tertiary/aromatic N) is 1. The van der Waals surface area contributed by atoms with Gasteiger partial charge in [-0.3, -0.25) is 9.78 Å². The topological polar surface area (TPSA) is 30.0 Å². The quantitative estimate of drug-likeness (QED) is 0.789. The number of carbonyl (C=O) groups is 1. The lowest BCUT2D eigenvalue weighted by atomic mass is 10.0. The number of aryl methyl sites for hydroxylation is 2. The van der Waals surface area contributed by atoms with Crippen LogP contribution in [-0.2, 0) is 0 Å². The first-order valence-electron chi connectivity index (χ1n) is 5.31. The van der Waals surface area contributed by atoms with Gasteiger partial charge in [-0.15, -0.1) is 0 Å². The molecule has 86 valence electrons. The van der Waals surface area contributed by atoms with Crippen LogP contribution >= 0.6 is 15.9 Å². The average Bonchev–Trinajstić information content (AvgIpc) is 2.28. The standard InChI is InChI=1S/C14H12BrNO/c1-9-5-12(7-13(15)6-9)14(17)11-4-3-10(2)16-8-11/h3-8H,1-2H3. The van der Waals surface area contributed by atoms with Crippen molar-refractivity contribution in [3.05, 3.63) is 63.4 Å². The van der Waals surface area contributed by atoms with Crippen molar-refractivity contribution in [2.24, 2.45) is 0 Å². The molecule has 2 rings (SSSR count). The van der Waals surface area contributed by atoms with E-state index >= 15 is 0 Å². The monoisotopic (exact) mass is 289 g/mol. The number of pyridine rings is 1. The molecule has 0 atom stereocenters. The second kappa shape index (κ2) is 4.80. The summed E-state index contributed by atoms with van der Waals surface area (Å²) >= 11 is 3.40. The van der Waals surface area contributed by atoms with E-state index in [1.807, 2.05) is 38.1 Å². The highest BCUT2D eigenvalue weighted by Crippen LogP contribution is 2.18. The average molecular weight is 290 g/mol. The first kappa shape index (κ1) is 12.0. The molecule has 0 aliphatic heterocycles. The van der Waals surface area contributed by atoms with Gasteiger partial charge in [0.15, 0.2) is 5.78 Å². The molecule has 2 nitrogen and oxygen atoms in total. The summed E-state index contributed by atoms with van der Waals surface area (Å²) in [7, 11) is 0. The molecule has 1 heterocycles. The number of hydrogen-bond donors (Lipinski definition) is 0. The van der Waals surface area contributed by atoms with E-state index < -0.39 is 0 Å². The third kappa shape index (κ3) is 2.80. The minimum atomic E-state index is 0.00176. The van der Waals surface area contributed by atoms with E-state index in [1.165, 1.54) is 0 Å². The molecule has 0 aliphatic carbocycles. The Morgan fingerprint density at radius 3 is 2.47 bits per heavy atom. The minimum absolute atomic E-state index is 0.00176. The van der Waals surface area contributed by atoms with Crippen LogP contribution in [0.1, 0.15) is 27.2 Å². The molecule has 0 saturated heterocycles. The van der Waals surface area contributed by atoms with Crippen molar-refractivity contribution in [2.45, 2.75) is 13.8 Å². The fourth-order valence-electron chi connectivity index (χ4n) is 1.64. The zero-order chi connectivity index (χ0) is 12.4. The van der Waals surface area contributed by atoms with Crippen molar-refractivity contribution in [2.75, 3.05) is 0 Å². The summed E-state index contributed by atoms with van der Waals surface area (Å²) in [6.07, 6.45) is 1.62. The van der Waals surface area contributed by atoms with Crippen LogP contribution in [0.2, 0.25) is 0 Å². The molecule has 0 unspecified atom stereocenters. The number of aromatic nitrogens is 1. The van der Waals surface area contributed by atoms with E-state index in [2.05, 4.69) is 20.9 Å². The Labute approximate surface area is 109 Å². The summed E-state index contributed by atoms with van der Waals surface area (Å²) in [6.45, 7) is 3.87. The van der Waals surface area contributed by atoms with Gasteiger partial charge in [0.25, 0.3) is 0 Å². The summed E-state index contributed by atoms with van der Waals surface area (Å²) in [5, 5.41) is 0. The van der Waals surface area contributed by atoms with Gasteiger partial charge >= 0.3 is 0 Å². The van der Waals surface area contributed by atoms with Crippen molar-refractivity contribution in [3.8, 4) is 0 Å². The first-order valence-corrected chi connectivity index (χ1v) is 6.10. The predicted octanol–water partition coefficient (Wildman–Crippen LogP) is 3.69. The second-order valence-corrected chi connectivity index (χ2v) is 4.95. The van der Waals surface area contributed by atoms with Gasteiger partial charge in [0.1, 0.15) is 0 Å². The smallest absolute Gasteiger partial charge is 0.194 e. The Kier molecular flexibility index (Phi) is 3.38. The molecule has 0 aliphatic rings. The fraction of sp³-hybridized carbons (Fsp3) is 0.143. The number of carbonyl (C=O) groups excluding carboxylic acids is 1. The number of benzene rings is 1. The maximum atomic E-state index is 12.2. The lowest BCUT2D eigenvalue weighted by Gasteiger charge is -2.03. The summed E-state index contributed by atoms with van der Waals surface area (Å²) in [5.41, 5.74) is 3.27. The minimum Gasteiger partial charge on any atom is -0.289 e. The van der Waals surface area contributed by atoms with Crippen LogP contribution in [0.3, 0.4) is 0 Å². The van der Waals surface area contributed by atoms with Gasteiger partial charge in [-0.05, 0) is 49.7 Å². The molecule has 0 bridgehead atoms. The molecule has 0 amide bonds. The van der Waals surface area contributed by atoms with Crippen LogP contribution in [-0.4, -0.2) is 10.8 Å². The molecule has 17 heavy (non-hydrogen) atoms. The number of ketones is 1. The normalized spacial score (nSPS) is 10.3. The molecule has 0 radical (unpaired) electrons. The van der Waals surface area contributed by atoms with Gasteiger partial charge in [-0.1, -0.05) is 15.9 Å². The van der Waals surface area contributed by atoms with Gasteiger partial charge in [0, 0.05) is 27.5 Å². The third-order valence-electron chi connectivity index (χ3n) is 2.48. The lowest BCUT2D eigenvalue weighted by molar-refractivity contribution is 0.103. The molecule has 0 fully saturated rings. The number of rotatable bonds is 2. The largest absolute Gasteiger partial charge is 0.289 e. The predicted molar refractivity (Wildman–Crippen MR) is 71.3 cm³/mol. The van der Waals surface area contributed by atoms with E-state index in [0.29, 0.717) is 11.1 Å². The van der Waals surface area contributed by atoms with Gasteiger partial charge in [0.05, 0.1) is 0 Å². The highest BCUT2D eigenvalue weighted by atomic mass is 79.9. The van der Waals surface area contributed by atoms with Crippen molar-refractivity contribution in [3.63, 3.8) is 0 Å². The first-order chi connectivity index (χ1) is 8.06. The Morgan fingerprint density at radius 1 is 1.12 bits per heavy atom. The van der Waals surface area contributed by atoms with Gasteiger partial charge in [-0.25, -0.2) is 0 Å². The van der Waals surface area contributed by atoms with E-state index in [4.69, 9.17) is 0 Å². The molecule has 2 aromatic rings. The Morgan fingerprint density at radius 2 is 1.88 bits per heavy atom. The second-order valence-electron chi connectivity index (χ2n) is 4.03. The summed E-state index contributed by atoms with van der Waals surface area (Å²) in [6, 6.07) is 9.34. The number of hydrogen-bond acceptors (Lipinski definition) is 2. The molecule has 0 spiro atoms. The van der Waals surface area contributed by atoms with Crippen LogP contribution in [0.25, 0.3) is 0 Å². The van der Waals surface area contributed by atoms with E-state index in [9.17, 15) is 4.79 Å². The Hall–Kier alpha value is -1.48. The Bertz CT molecular complexity index is 541. The number of halogens is 1. The summed E-state index contributed by atoms with van der Waals surface area (Å²) in [5.74, 6) is 0.00176. The van der Waals surface area contributed by atoms with Crippen LogP contribution in [0.4, 0.5) is 0 Å². The molecule has 3 heteroatoms. The molecule has 0 N–H and O–H groups in total. The maximum absolute atomic E-state index is 12.2. The highest BCUT2D eigenvalue weighted by molar-refractivity contribution is 9.10. The van der Waals surface area contributed by atoms with E-state index in [1.54, 1.807) is 12.3 Å². The summed E-state index contributed by atoms with van der Waals surface area (Å²) < 4.78 is 0.918. The fourth-order valence-corrected chi connectivity index (χ4v) is 2.24. The zero-order valence-corrected chi connectivity index (χ0v) is 11.3. The molecular formula is C14H12BrNO. The van der Waals surface area contributed by atoms with Crippen molar-refractivity contribution in [1.29, 1.82) is 0 Å². The Balaban J connectivity index is 2.40. The van der Waals surface area contributed by atoms with Crippen molar-refractivity contribution in [1.82, 2.24) is 4.98 Å². The van der Waals surface area contributed by atoms with Crippen LogP contribution in [0.15, 0.2) is 41.0 Å². The zero-order valence-electron chi connectivity index (χ0n) is 9.70. The van der Waals surface area contributed by atoms with Gasteiger partial charge < -0.3 is 0 Å². The molecular weight excluding hydrogens is 278 g/mol. The molecule has 1 aromatic carbocycles. The maximum Gasteiger partial charge on any atom is 0.194 e. The third-order valence-corrected chi connectivity index (χ3v) is 2.94. The van der Waals surface area contributed by atoms with Crippen LogP contribution in [0.5, 0.6) is 0 Å². The van der Waals surface area contributed by atoms with Gasteiger partial charge in [-0.2, -0.15) is 0 Å². The van der Waals surface area contributed by atoms with Crippen LogP contribution < -0.4 is 0 Å². The van der Waals surface area contributed by atoms with E-state index in [0.717, 1.165) is 15.7 Å². The molecule has 0 saturated carbocycles. The van der Waals surface area contributed by atoms with Crippen LogP contribution in [0, 0.1) is 13.8 Å². The van der Waals surface area contributed by atoms with E-state index in [-0.39, 0.29) is 5.78 Å². The highest BCUT2D eigenvalue weighted by Gasteiger charge is 2.10.